The van der Waals surface area contributed by atoms with Gasteiger partial charge in [-0.2, -0.15) is 0 Å². The van der Waals surface area contributed by atoms with Crippen molar-refractivity contribution >= 4 is 6.08 Å². The Morgan fingerprint density at radius 1 is 1.30 bits per heavy atom. The maximum atomic E-state index is 9.87. The van der Waals surface area contributed by atoms with Gasteiger partial charge in [0.05, 0.1) is 6.04 Å². The summed E-state index contributed by atoms with van der Waals surface area (Å²) >= 11 is 0. The lowest BCUT2D eigenvalue weighted by Gasteiger charge is -2.02. The summed E-state index contributed by atoms with van der Waals surface area (Å²) in [5.74, 6) is 0. The standard InChI is InChI=1S/C8H11NO/c10-7-9-8-5-3-1-2-4-6-8/h1-2,8H,3-6H2. The number of aliphatic imine (C=N–C) groups is 1. The Morgan fingerprint density at radius 2 is 1.90 bits per heavy atom. The van der Waals surface area contributed by atoms with Crippen LogP contribution >= 0.6 is 0 Å². The Bertz CT molecular complexity index is 158. The third-order valence-electron chi connectivity index (χ3n) is 1.74. The number of carbonyl (C=O) groups excluding carboxylic acids is 1. The van der Waals surface area contributed by atoms with E-state index >= 15 is 0 Å². The summed E-state index contributed by atoms with van der Waals surface area (Å²) in [6.45, 7) is 0. The van der Waals surface area contributed by atoms with Crippen LogP contribution in [-0.2, 0) is 4.79 Å². The number of allylic oxidation sites excluding steroid dienone is 2. The Kier molecular flexibility index (Phi) is 2.91. The topological polar surface area (TPSA) is 29.4 Å². The van der Waals surface area contributed by atoms with Gasteiger partial charge in [-0.05, 0) is 25.7 Å². The normalized spacial score (nSPS) is 19.6. The maximum absolute atomic E-state index is 9.87. The fourth-order valence-corrected chi connectivity index (χ4v) is 1.16. The van der Waals surface area contributed by atoms with Crippen LogP contribution in [0.1, 0.15) is 25.7 Å². The molecule has 10 heavy (non-hydrogen) atoms. The predicted octanol–water partition coefficient (Wildman–Crippen LogP) is 1.82. The van der Waals surface area contributed by atoms with Crippen LogP contribution in [-0.4, -0.2) is 12.1 Å². The molecule has 0 aromatic heterocycles. The zero-order chi connectivity index (χ0) is 7.23. The van der Waals surface area contributed by atoms with Crippen molar-refractivity contribution in [2.24, 2.45) is 4.99 Å². The van der Waals surface area contributed by atoms with Crippen LogP contribution in [0.15, 0.2) is 17.1 Å². The molecule has 0 saturated heterocycles. The molecular weight excluding hydrogens is 126 g/mol. The minimum absolute atomic E-state index is 0.229. The monoisotopic (exact) mass is 137 g/mol. The molecule has 1 aliphatic rings. The zero-order valence-electron chi connectivity index (χ0n) is 5.92. The minimum atomic E-state index is 0.229. The lowest BCUT2D eigenvalue weighted by Crippen LogP contribution is -2.00. The first-order valence-corrected chi connectivity index (χ1v) is 3.65. The van der Waals surface area contributed by atoms with Crippen LogP contribution in [0.25, 0.3) is 0 Å². The number of hydrogen-bond acceptors (Lipinski definition) is 2. The Morgan fingerprint density at radius 3 is 2.40 bits per heavy atom. The molecule has 0 unspecified atom stereocenters. The molecular formula is C8H11NO. The van der Waals surface area contributed by atoms with Gasteiger partial charge in [-0.25, -0.2) is 9.79 Å². The lowest BCUT2D eigenvalue weighted by atomic mass is 10.1. The van der Waals surface area contributed by atoms with Gasteiger partial charge in [-0.15, -0.1) is 0 Å². The molecule has 0 amide bonds. The molecule has 2 nitrogen and oxygen atoms in total. The molecule has 0 fully saturated rings. The van der Waals surface area contributed by atoms with Gasteiger partial charge in [0.25, 0.3) is 0 Å². The third kappa shape index (κ3) is 2.16. The van der Waals surface area contributed by atoms with Crippen molar-refractivity contribution in [3.8, 4) is 0 Å². The summed E-state index contributed by atoms with van der Waals surface area (Å²) in [5, 5.41) is 0. The van der Waals surface area contributed by atoms with Crippen molar-refractivity contribution in [3.63, 3.8) is 0 Å². The summed E-state index contributed by atoms with van der Waals surface area (Å²) in [7, 11) is 0. The summed E-state index contributed by atoms with van der Waals surface area (Å²) in [4.78, 5) is 13.6. The summed E-state index contributed by atoms with van der Waals surface area (Å²) in [6.07, 6.45) is 10.0. The quantitative estimate of drug-likeness (QED) is 0.308. The molecule has 1 aliphatic carbocycles. The summed E-state index contributed by atoms with van der Waals surface area (Å²) in [6, 6.07) is 0.229. The highest BCUT2D eigenvalue weighted by Gasteiger charge is 2.06. The van der Waals surface area contributed by atoms with Crippen molar-refractivity contribution in [3.05, 3.63) is 12.2 Å². The van der Waals surface area contributed by atoms with E-state index in [9.17, 15) is 4.79 Å². The molecule has 1 rings (SSSR count). The first kappa shape index (κ1) is 7.23. The SMILES string of the molecule is O=C=NC1CCC=CCC1. The fraction of sp³-hybridized carbons (Fsp3) is 0.625. The van der Waals surface area contributed by atoms with Crippen molar-refractivity contribution in [2.45, 2.75) is 31.7 Å². The average Bonchev–Trinajstić information content (AvgIpc) is 2.17. The van der Waals surface area contributed by atoms with Gasteiger partial charge < -0.3 is 0 Å². The van der Waals surface area contributed by atoms with Crippen LogP contribution in [0.5, 0.6) is 0 Å². The fourth-order valence-electron chi connectivity index (χ4n) is 1.16. The van der Waals surface area contributed by atoms with E-state index in [1.807, 2.05) is 0 Å². The maximum Gasteiger partial charge on any atom is 0.235 e. The largest absolute Gasteiger partial charge is 0.235 e. The van der Waals surface area contributed by atoms with E-state index in [1.165, 1.54) is 0 Å². The van der Waals surface area contributed by atoms with Crippen LogP contribution in [0.3, 0.4) is 0 Å². The van der Waals surface area contributed by atoms with Gasteiger partial charge in [0, 0.05) is 0 Å². The highest BCUT2D eigenvalue weighted by Crippen LogP contribution is 2.13. The second-order valence-electron chi connectivity index (χ2n) is 2.50. The summed E-state index contributed by atoms with van der Waals surface area (Å²) < 4.78 is 0. The minimum Gasteiger partial charge on any atom is -0.211 e. The Hall–Kier alpha value is -0.880. The first-order chi connectivity index (χ1) is 4.93. The molecule has 0 atom stereocenters. The predicted molar refractivity (Wildman–Crippen MR) is 39.5 cm³/mol. The molecule has 54 valence electrons. The van der Waals surface area contributed by atoms with Gasteiger partial charge >= 0.3 is 0 Å². The van der Waals surface area contributed by atoms with Crippen LogP contribution in [0.4, 0.5) is 0 Å². The molecule has 0 saturated carbocycles. The smallest absolute Gasteiger partial charge is 0.211 e. The van der Waals surface area contributed by atoms with E-state index in [0.29, 0.717) is 0 Å². The van der Waals surface area contributed by atoms with Crippen LogP contribution in [0, 0.1) is 0 Å². The number of hydrogen-bond donors (Lipinski definition) is 0. The molecule has 0 radical (unpaired) electrons. The van der Waals surface area contributed by atoms with E-state index in [1.54, 1.807) is 6.08 Å². The van der Waals surface area contributed by atoms with E-state index in [0.717, 1.165) is 25.7 Å². The van der Waals surface area contributed by atoms with Crippen molar-refractivity contribution < 1.29 is 4.79 Å². The van der Waals surface area contributed by atoms with Crippen LogP contribution < -0.4 is 0 Å². The highest BCUT2D eigenvalue weighted by molar-refractivity contribution is 5.33. The Labute approximate surface area is 60.7 Å². The number of isocyanates is 1. The molecule has 0 bridgehead atoms. The summed E-state index contributed by atoms with van der Waals surface area (Å²) in [5.41, 5.74) is 0. The van der Waals surface area contributed by atoms with E-state index < -0.39 is 0 Å². The van der Waals surface area contributed by atoms with Gasteiger partial charge in [0.1, 0.15) is 0 Å². The Balaban J connectivity index is 2.40. The molecule has 0 aromatic rings. The lowest BCUT2D eigenvalue weighted by molar-refractivity contribution is 0.543. The van der Waals surface area contributed by atoms with Crippen molar-refractivity contribution in [1.82, 2.24) is 0 Å². The van der Waals surface area contributed by atoms with E-state index in [2.05, 4.69) is 17.1 Å². The second kappa shape index (κ2) is 4.02. The van der Waals surface area contributed by atoms with Crippen molar-refractivity contribution in [2.75, 3.05) is 0 Å². The molecule has 0 aromatic carbocycles. The van der Waals surface area contributed by atoms with E-state index in [4.69, 9.17) is 0 Å². The van der Waals surface area contributed by atoms with Gasteiger partial charge in [-0.3, -0.25) is 0 Å². The molecule has 0 aliphatic heterocycles. The highest BCUT2D eigenvalue weighted by atomic mass is 16.1. The first-order valence-electron chi connectivity index (χ1n) is 3.65. The van der Waals surface area contributed by atoms with Gasteiger partial charge in [-0.1, -0.05) is 12.2 Å². The molecule has 2 heteroatoms. The molecule has 0 N–H and O–H groups in total. The number of nitrogens with zero attached hydrogens (tertiary/aromatic N) is 1. The third-order valence-corrected chi connectivity index (χ3v) is 1.74. The second-order valence-corrected chi connectivity index (χ2v) is 2.50. The van der Waals surface area contributed by atoms with Gasteiger partial charge in [0.2, 0.25) is 6.08 Å². The van der Waals surface area contributed by atoms with Crippen molar-refractivity contribution in [1.29, 1.82) is 0 Å². The zero-order valence-corrected chi connectivity index (χ0v) is 5.92. The number of rotatable bonds is 1. The molecule has 0 spiro atoms. The average molecular weight is 137 g/mol. The molecule has 0 heterocycles. The van der Waals surface area contributed by atoms with Crippen LogP contribution in [0.2, 0.25) is 0 Å². The van der Waals surface area contributed by atoms with Gasteiger partial charge in [0.15, 0.2) is 0 Å². The van der Waals surface area contributed by atoms with E-state index in [-0.39, 0.29) is 6.04 Å².